The van der Waals surface area contributed by atoms with Crippen LogP contribution < -0.4 is 0 Å². The van der Waals surface area contributed by atoms with E-state index in [4.69, 9.17) is 0 Å². The van der Waals surface area contributed by atoms with Crippen molar-refractivity contribution >= 4 is 0 Å². The number of hydrogen-bond acceptors (Lipinski definition) is 0. The largest absolute Gasteiger partial charge is 0.103 e. The molecular weight excluding hydrogens is 384 g/mol. The molecule has 0 amide bonds. The number of aryl methyl sites for hydroxylation is 1. The predicted octanol–water partition coefficient (Wildman–Crippen LogP) is 11.2. The Hall–Kier alpha value is -1.30. The van der Waals surface area contributed by atoms with Gasteiger partial charge in [-0.25, -0.2) is 0 Å². The summed E-state index contributed by atoms with van der Waals surface area (Å²) >= 11 is 0. The summed E-state index contributed by atoms with van der Waals surface area (Å²) in [4.78, 5) is 0. The predicted molar refractivity (Wildman–Crippen MR) is 150 cm³/mol. The first-order chi connectivity index (χ1) is 15.7. The molecule has 1 aromatic carbocycles. The molecule has 0 saturated heterocycles. The third-order valence-electron chi connectivity index (χ3n) is 6.07. The summed E-state index contributed by atoms with van der Waals surface area (Å²) in [6.45, 7) is 18.5. The lowest BCUT2D eigenvalue weighted by Gasteiger charge is -2.21. The Labute approximate surface area is 204 Å². The number of benzene rings is 1. The summed E-state index contributed by atoms with van der Waals surface area (Å²) in [5.74, 6) is 2.83. The van der Waals surface area contributed by atoms with Crippen molar-refractivity contribution in [2.24, 2.45) is 17.8 Å². The molecule has 1 fully saturated rings. The van der Waals surface area contributed by atoms with Gasteiger partial charge in [-0.3, -0.25) is 0 Å². The lowest BCUT2D eigenvalue weighted by atomic mass is 9.84. The van der Waals surface area contributed by atoms with E-state index >= 15 is 0 Å². The van der Waals surface area contributed by atoms with Gasteiger partial charge in [0.1, 0.15) is 0 Å². The van der Waals surface area contributed by atoms with Crippen molar-refractivity contribution < 1.29 is 0 Å². The van der Waals surface area contributed by atoms with E-state index < -0.39 is 0 Å². The normalized spacial score (nSPS) is 19.2. The van der Waals surface area contributed by atoms with E-state index in [-0.39, 0.29) is 0 Å². The molecule has 0 bridgehead atoms. The zero-order valence-corrected chi connectivity index (χ0v) is 23.0. The van der Waals surface area contributed by atoms with E-state index in [0.29, 0.717) is 0 Å². The molecule has 3 atom stereocenters. The fourth-order valence-corrected chi connectivity index (χ4v) is 4.46. The van der Waals surface area contributed by atoms with Crippen LogP contribution in [-0.2, 0) is 6.42 Å². The van der Waals surface area contributed by atoms with E-state index in [1.54, 1.807) is 0 Å². The Morgan fingerprint density at radius 3 is 2.12 bits per heavy atom. The summed E-state index contributed by atoms with van der Waals surface area (Å²) < 4.78 is 0. The van der Waals surface area contributed by atoms with Gasteiger partial charge in [-0.15, -0.1) is 6.58 Å². The lowest BCUT2D eigenvalue weighted by Crippen LogP contribution is -2.12. The van der Waals surface area contributed by atoms with E-state index in [0.717, 1.165) is 24.2 Å². The Kier molecular flexibility index (Phi) is 26.7. The van der Waals surface area contributed by atoms with Gasteiger partial charge in [0.05, 0.1) is 0 Å². The molecule has 1 aliphatic carbocycles. The number of hydrogen-bond donors (Lipinski definition) is 0. The molecule has 3 unspecified atom stereocenters. The van der Waals surface area contributed by atoms with Crippen LogP contribution in [0.4, 0.5) is 0 Å². The van der Waals surface area contributed by atoms with Gasteiger partial charge in [0.15, 0.2) is 0 Å². The van der Waals surface area contributed by atoms with Crippen LogP contribution in [0.25, 0.3) is 0 Å². The first kappa shape index (κ1) is 32.9. The van der Waals surface area contributed by atoms with Crippen LogP contribution in [0.5, 0.6) is 0 Å². The highest BCUT2D eigenvalue weighted by molar-refractivity contribution is 5.14. The first-order valence-electron chi connectivity index (χ1n) is 14.0. The standard InChI is InChI=1S/C25H38.C3H8.2C2H6/c1-3-4-5-6-7-14-19-25-22(2)20-21-24(25)18-13-9-12-17-23-15-10-8-11-16-23;1-3-2;2*1-2/h3,7-8,10-11,14-16,22,24-25H,1,4-6,9,12-13,17-21H2,2H3;3H2,1-2H3;2*1-2H3. The second-order valence-electron chi connectivity index (χ2n) is 8.70. The highest BCUT2D eigenvalue weighted by Gasteiger charge is 2.31. The number of unbranched alkanes of at least 4 members (excludes halogenated alkanes) is 4. The SMILES string of the molecule is C=CCCCC=CCC1C(C)CCC1CCCCCc1ccccc1.CC.CC.CCC. The van der Waals surface area contributed by atoms with E-state index in [1.165, 1.54) is 76.2 Å². The van der Waals surface area contributed by atoms with Crippen LogP contribution >= 0.6 is 0 Å². The molecule has 1 aliphatic rings. The van der Waals surface area contributed by atoms with Crippen LogP contribution in [-0.4, -0.2) is 0 Å². The molecule has 186 valence electrons. The third-order valence-corrected chi connectivity index (χ3v) is 6.07. The van der Waals surface area contributed by atoms with Gasteiger partial charge in [0.25, 0.3) is 0 Å². The molecule has 1 saturated carbocycles. The van der Waals surface area contributed by atoms with Crippen LogP contribution in [0.1, 0.15) is 125 Å². The van der Waals surface area contributed by atoms with Gasteiger partial charge in [0.2, 0.25) is 0 Å². The topological polar surface area (TPSA) is 0 Å². The van der Waals surface area contributed by atoms with E-state index in [2.05, 4.69) is 69.8 Å². The molecular formula is C32H58. The minimum atomic E-state index is 0.923. The number of allylic oxidation sites excluding steroid dienone is 3. The summed E-state index contributed by atoms with van der Waals surface area (Å²) in [6.07, 6.45) is 22.9. The van der Waals surface area contributed by atoms with Crippen molar-refractivity contribution in [2.45, 2.75) is 126 Å². The van der Waals surface area contributed by atoms with E-state index in [1.807, 2.05) is 33.8 Å². The molecule has 2 rings (SSSR count). The van der Waals surface area contributed by atoms with Crippen molar-refractivity contribution in [1.82, 2.24) is 0 Å². The monoisotopic (exact) mass is 442 g/mol. The van der Waals surface area contributed by atoms with Gasteiger partial charge in [-0.05, 0) is 68.3 Å². The zero-order valence-electron chi connectivity index (χ0n) is 23.0. The minimum absolute atomic E-state index is 0.923. The van der Waals surface area contributed by atoms with Crippen molar-refractivity contribution in [3.8, 4) is 0 Å². The van der Waals surface area contributed by atoms with Crippen molar-refractivity contribution in [1.29, 1.82) is 0 Å². The zero-order chi connectivity index (χ0) is 24.5. The van der Waals surface area contributed by atoms with Gasteiger partial charge in [-0.2, -0.15) is 0 Å². The Balaban J connectivity index is 0. The van der Waals surface area contributed by atoms with Crippen LogP contribution in [0.3, 0.4) is 0 Å². The number of rotatable bonds is 12. The Morgan fingerprint density at radius 1 is 0.844 bits per heavy atom. The van der Waals surface area contributed by atoms with Gasteiger partial charge in [0, 0.05) is 0 Å². The fourth-order valence-electron chi connectivity index (χ4n) is 4.46. The minimum Gasteiger partial charge on any atom is -0.103 e. The molecule has 0 radical (unpaired) electrons. The second kappa shape index (κ2) is 26.0. The van der Waals surface area contributed by atoms with Crippen LogP contribution in [0.2, 0.25) is 0 Å². The highest BCUT2D eigenvalue weighted by Crippen LogP contribution is 2.41. The lowest BCUT2D eigenvalue weighted by molar-refractivity contribution is 0.306. The van der Waals surface area contributed by atoms with Crippen molar-refractivity contribution in [3.05, 3.63) is 60.7 Å². The smallest absolute Gasteiger partial charge is 0.0279 e. The quantitative estimate of drug-likeness (QED) is 0.223. The summed E-state index contributed by atoms with van der Waals surface area (Å²) in [6, 6.07) is 10.9. The van der Waals surface area contributed by atoms with Gasteiger partial charge < -0.3 is 0 Å². The van der Waals surface area contributed by atoms with Crippen molar-refractivity contribution in [3.63, 3.8) is 0 Å². The third kappa shape index (κ3) is 17.3. The van der Waals surface area contributed by atoms with Gasteiger partial charge in [-0.1, -0.05) is 129 Å². The molecule has 32 heavy (non-hydrogen) atoms. The van der Waals surface area contributed by atoms with Crippen molar-refractivity contribution in [2.75, 3.05) is 0 Å². The van der Waals surface area contributed by atoms with Gasteiger partial charge >= 0.3 is 0 Å². The summed E-state index contributed by atoms with van der Waals surface area (Å²) in [5.41, 5.74) is 1.50. The van der Waals surface area contributed by atoms with E-state index in [9.17, 15) is 0 Å². The summed E-state index contributed by atoms with van der Waals surface area (Å²) in [5, 5.41) is 0. The molecule has 1 aromatic rings. The molecule has 0 heteroatoms. The summed E-state index contributed by atoms with van der Waals surface area (Å²) in [7, 11) is 0. The first-order valence-corrected chi connectivity index (χ1v) is 14.0. The molecule has 0 heterocycles. The maximum absolute atomic E-state index is 3.80. The second-order valence-corrected chi connectivity index (χ2v) is 8.70. The molecule has 0 N–H and O–H groups in total. The molecule has 0 nitrogen and oxygen atoms in total. The molecule has 0 aliphatic heterocycles. The Morgan fingerprint density at radius 2 is 1.50 bits per heavy atom. The molecule has 0 aromatic heterocycles. The fraction of sp³-hybridized carbons (Fsp3) is 0.688. The van der Waals surface area contributed by atoms with Crippen LogP contribution in [0, 0.1) is 17.8 Å². The highest BCUT2D eigenvalue weighted by atomic mass is 14.4. The Bertz CT molecular complexity index is 498. The average Bonchev–Trinajstić information content (AvgIpc) is 3.19. The maximum Gasteiger partial charge on any atom is -0.0279 e. The maximum atomic E-state index is 3.80. The average molecular weight is 443 g/mol. The molecule has 0 spiro atoms. The van der Waals surface area contributed by atoms with Crippen LogP contribution in [0.15, 0.2) is 55.1 Å².